The number of nitrogens with one attached hydrogen (secondary N) is 1. The second-order valence-corrected chi connectivity index (χ2v) is 8.01. The first kappa shape index (κ1) is 19.2. The van der Waals surface area contributed by atoms with Gasteiger partial charge >= 0.3 is 6.18 Å². The second-order valence-electron chi connectivity index (χ2n) is 5.92. The standard InChI is InChI=1S/C13H18ClF3N2O2S/c1-12(2,3)11(7-18)19-22(20,21)10-6-8(13(15,16)17)4-5-9(10)14/h4-6,11,19H,7,18H2,1-3H3. The molecule has 0 aliphatic heterocycles. The van der Waals surface area contributed by atoms with Crippen molar-refractivity contribution in [2.24, 2.45) is 11.1 Å². The molecule has 0 bridgehead atoms. The highest BCUT2D eigenvalue weighted by atomic mass is 35.5. The topological polar surface area (TPSA) is 72.2 Å². The summed E-state index contributed by atoms with van der Waals surface area (Å²) in [4.78, 5) is -0.619. The molecule has 22 heavy (non-hydrogen) atoms. The summed E-state index contributed by atoms with van der Waals surface area (Å²) in [5, 5.41) is -0.287. The van der Waals surface area contributed by atoms with Crippen molar-refractivity contribution < 1.29 is 21.6 Å². The summed E-state index contributed by atoms with van der Waals surface area (Å²) in [7, 11) is -4.23. The van der Waals surface area contributed by atoms with Crippen molar-refractivity contribution in [3.8, 4) is 0 Å². The molecule has 0 aromatic heterocycles. The van der Waals surface area contributed by atoms with Gasteiger partial charge < -0.3 is 5.73 Å². The molecule has 0 saturated carbocycles. The number of sulfonamides is 1. The number of hydrogen-bond donors (Lipinski definition) is 2. The zero-order valence-corrected chi connectivity index (χ0v) is 13.9. The molecule has 0 radical (unpaired) electrons. The van der Waals surface area contributed by atoms with Gasteiger partial charge in [-0.3, -0.25) is 0 Å². The van der Waals surface area contributed by atoms with Crippen LogP contribution < -0.4 is 10.5 Å². The second kappa shape index (κ2) is 6.35. The Balaban J connectivity index is 3.29. The normalized spacial score (nSPS) is 14.9. The third kappa shape index (κ3) is 4.58. The van der Waals surface area contributed by atoms with Crippen molar-refractivity contribution in [3.63, 3.8) is 0 Å². The third-order valence-electron chi connectivity index (χ3n) is 3.13. The number of alkyl halides is 3. The lowest BCUT2D eigenvalue weighted by Crippen LogP contribution is -2.48. The van der Waals surface area contributed by atoms with Crippen molar-refractivity contribution >= 4 is 21.6 Å². The Morgan fingerprint density at radius 1 is 1.27 bits per heavy atom. The molecular formula is C13H18ClF3N2O2S. The molecule has 1 aromatic rings. The Hall–Kier alpha value is -0.830. The Morgan fingerprint density at radius 3 is 2.23 bits per heavy atom. The summed E-state index contributed by atoms with van der Waals surface area (Å²) >= 11 is 5.75. The molecule has 3 N–H and O–H groups in total. The van der Waals surface area contributed by atoms with E-state index in [1.54, 1.807) is 20.8 Å². The average Bonchev–Trinajstić information content (AvgIpc) is 2.33. The highest BCUT2D eigenvalue weighted by molar-refractivity contribution is 7.89. The number of halogens is 4. The minimum Gasteiger partial charge on any atom is -0.329 e. The molecule has 0 saturated heterocycles. The molecule has 1 rings (SSSR count). The van der Waals surface area contributed by atoms with Crippen LogP contribution in [0, 0.1) is 5.41 Å². The number of rotatable bonds is 4. The molecule has 0 spiro atoms. The van der Waals surface area contributed by atoms with Gasteiger partial charge in [0.15, 0.2) is 0 Å². The lowest BCUT2D eigenvalue weighted by atomic mass is 9.88. The van der Waals surface area contributed by atoms with Crippen LogP contribution in [-0.2, 0) is 16.2 Å². The first-order valence-electron chi connectivity index (χ1n) is 6.38. The van der Waals surface area contributed by atoms with Gasteiger partial charge in [-0.05, 0) is 23.6 Å². The van der Waals surface area contributed by atoms with E-state index in [2.05, 4.69) is 4.72 Å². The Kier molecular flexibility index (Phi) is 5.55. The van der Waals surface area contributed by atoms with E-state index in [-0.39, 0.29) is 11.6 Å². The van der Waals surface area contributed by atoms with E-state index in [1.165, 1.54) is 0 Å². The minimum atomic E-state index is -4.66. The quantitative estimate of drug-likeness (QED) is 0.869. The van der Waals surface area contributed by atoms with E-state index in [0.717, 1.165) is 12.1 Å². The predicted molar refractivity (Wildman–Crippen MR) is 79.1 cm³/mol. The highest BCUT2D eigenvalue weighted by Crippen LogP contribution is 2.33. The maximum Gasteiger partial charge on any atom is 0.416 e. The molecule has 0 aliphatic rings. The van der Waals surface area contributed by atoms with Gasteiger partial charge in [0.1, 0.15) is 4.90 Å². The fourth-order valence-electron chi connectivity index (χ4n) is 1.71. The van der Waals surface area contributed by atoms with Crippen LogP contribution in [0.1, 0.15) is 26.3 Å². The van der Waals surface area contributed by atoms with Crippen LogP contribution in [0.25, 0.3) is 0 Å². The lowest BCUT2D eigenvalue weighted by Gasteiger charge is -2.30. The van der Waals surface area contributed by atoms with Crippen molar-refractivity contribution in [2.45, 2.75) is 37.9 Å². The van der Waals surface area contributed by atoms with Crippen LogP contribution in [0.5, 0.6) is 0 Å². The Morgan fingerprint density at radius 2 is 1.82 bits per heavy atom. The zero-order valence-electron chi connectivity index (χ0n) is 12.3. The number of hydrogen-bond acceptors (Lipinski definition) is 3. The van der Waals surface area contributed by atoms with E-state index in [4.69, 9.17) is 17.3 Å². The average molecular weight is 359 g/mol. The maximum atomic E-state index is 12.7. The van der Waals surface area contributed by atoms with Gasteiger partial charge in [0, 0.05) is 12.6 Å². The molecule has 0 aliphatic carbocycles. The number of benzene rings is 1. The van der Waals surface area contributed by atoms with E-state index in [0.29, 0.717) is 6.07 Å². The van der Waals surface area contributed by atoms with Gasteiger partial charge in [-0.1, -0.05) is 32.4 Å². The van der Waals surface area contributed by atoms with Crippen LogP contribution in [0.2, 0.25) is 5.02 Å². The van der Waals surface area contributed by atoms with Gasteiger partial charge in [-0.25, -0.2) is 13.1 Å². The fraction of sp³-hybridized carbons (Fsp3) is 0.538. The summed E-state index contributed by atoms with van der Waals surface area (Å²) in [6, 6.07) is 1.50. The molecule has 9 heteroatoms. The van der Waals surface area contributed by atoms with Gasteiger partial charge in [0.2, 0.25) is 10.0 Å². The zero-order chi connectivity index (χ0) is 17.3. The molecule has 0 heterocycles. The van der Waals surface area contributed by atoms with Gasteiger partial charge in [-0.15, -0.1) is 0 Å². The summed E-state index contributed by atoms with van der Waals surface area (Å²) in [5.74, 6) is 0. The van der Waals surface area contributed by atoms with E-state index < -0.39 is 38.1 Å². The third-order valence-corrected chi connectivity index (χ3v) is 5.08. The summed E-state index contributed by atoms with van der Waals surface area (Å²) in [6.45, 7) is 5.29. The summed E-state index contributed by atoms with van der Waals surface area (Å²) in [6.07, 6.45) is -4.66. The summed E-state index contributed by atoms with van der Waals surface area (Å²) in [5.41, 5.74) is 3.95. The molecule has 0 fully saturated rings. The first-order chi connectivity index (χ1) is 9.79. The highest BCUT2D eigenvalue weighted by Gasteiger charge is 2.34. The predicted octanol–water partition coefficient (Wildman–Crippen LogP) is 3.01. The Bertz CT molecular complexity index is 640. The molecular weight excluding hydrogens is 341 g/mol. The van der Waals surface area contributed by atoms with Crippen LogP contribution >= 0.6 is 11.6 Å². The van der Waals surface area contributed by atoms with Crippen molar-refractivity contribution in [1.82, 2.24) is 4.72 Å². The van der Waals surface area contributed by atoms with Crippen molar-refractivity contribution in [1.29, 1.82) is 0 Å². The Labute approximate surface area is 132 Å². The molecule has 1 atom stereocenters. The number of nitrogens with two attached hydrogens (primary N) is 1. The monoisotopic (exact) mass is 358 g/mol. The molecule has 126 valence electrons. The summed E-state index contributed by atoms with van der Waals surface area (Å²) < 4.78 is 65.2. The van der Waals surface area contributed by atoms with E-state index in [1.807, 2.05) is 0 Å². The first-order valence-corrected chi connectivity index (χ1v) is 8.24. The van der Waals surface area contributed by atoms with Gasteiger partial charge in [0.25, 0.3) is 0 Å². The maximum absolute atomic E-state index is 12.7. The van der Waals surface area contributed by atoms with E-state index >= 15 is 0 Å². The van der Waals surface area contributed by atoms with Crippen LogP contribution in [0.15, 0.2) is 23.1 Å². The minimum absolute atomic E-state index is 0.000684. The van der Waals surface area contributed by atoms with Crippen LogP contribution in [0.4, 0.5) is 13.2 Å². The van der Waals surface area contributed by atoms with E-state index in [9.17, 15) is 21.6 Å². The fourth-order valence-corrected chi connectivity index (χ4v) is 3.70. The van der Waals surface area contributed by atoms with Crippen LogP contribution in [0.3, 0.4) is 0 Å². The van der Waals surface area contributed by atoms with Gasteiger partial charge in [-0.2, -0.15) is 13.2 Å². The van der Waals surface area contributed by atoms with Gasteiger partial charge in [0.05, 0.1) is 10.6 Å². The molecule has 0 amide bonds. The molecule has 1 aromatic carbocycles. The SMILES string of the molecule is CC(C)(C)C(CN)NS(=O)(=O)c1cc(C(F)(F)F)ccc1Cl. The molecule has 1 unspecified atom stereocenters. The van der Waals surface area contributed by atoms with Crippen LogP contribution in [-0.4, -0.2) is 21.0 Å². The van der Waals surface area contributed by atoms with Crippen molar-refractivity contribution in [2.75, 3.05) is 6.54 Å². The smallest absolute Gasteiger partial charge is 0.329 e. The largest absolute Gasteiger partial charge is 0.416 e. The lowest BCUT2D eigenvalue weighted by molar-refractivity contribution is -0.137. The van der Waals surface area contributed by atoms with Crippen molar-refractivity contribution in [3.05, 3.63) is 28.8 Å². The molecule has 4 nitrogen and oxygen atoms in total.